The summed E-state index contributed by atoms with van der Waals surface area (Å²) >= 11 is 0. The van der Waals surface area contributed by atoms with Crippen LogP contribution >= 0.6 is 0 Å². The Labute approximate surface area is 401 Å². The molecule has 69 heavy (non-hydrogen) atoms. The largest absolute Gasteiger partial charge is 0.456 e. The highest BCUT2D eigenvalue weighted by Crippen LogP contribution is 2.47. The second-order valence-corrected chi connectivity index (χ2v) is 17.7. The minimum Gasteiger partial charge on any atom is -0.456 e. The highest BCUT2D eigenvalue weighted by Gasteiger charge is 2.23. The Morgan fingerprint density at radius 3 is 1.41 bits per heavy atom. The van der Waals surface area contributed by atoms with Crippen molar-refractivity contribution in [3.63, 3.8) is 0 Å². The van der Waals surface area contributed by atoms with Crippen LogP contribution in [0.25, 0.3) is 87.6 Å². The van der Waals surface area contributed by atoms with Gasteiger partial charge in [0.05, 0.1) is 5.69 Å². The molecule has 0 unspecified atom stereocenters. The maximum Gasteiger partial charge on any atom is 0.135 e. The summed E-state index contributed by atoms with van der Waals surface area (Å²) in [4.78, 5) is 4.85. The first-order chi connectivity index (χ1) is 34.2. The lowest BCUT2D eigenvalue weighted by Gasteiger charge is -2.31. The van der Waals surface area contributed by atoms with Gasteiger partial charge in [0.1, 0.15) is 11.2 Å². The van der Waals surface area contributed by atoms with Crippen molar-refractivity contribution in [3.8, 4) is 33.4 Å². The quantitative estimate of drug-likeness (QED) is 0.135. The summed E-state index contributed by atoms with van der Waals surface area (Å²) in [6.07, 6.45) is 0. The minimum atomic E-state index is 0.860. The lowest BCUT2D eigenvalue weighted by Crippen LogP contribution is -2.14. The zero-order chi connectivity index (χ0) is 45.7. The molecule has 1 heterocycles. The average Bonchev–Trinajstić information content (AvgIpc) is 3.80. The number of rotatable bonds is 9. The Bertz CT molecular complexity index is 3920. The van der Waals surface area contributed by atoms with Crippen molar-refractivity contribution in [3.05, 3.63) is 267 Å². The smallest absolute Gasteiger partial charge is 0.135 e. The van der Waals surface area contributed by atoms with E-state index >= 15 is 0 Å². The molecule has 3 heteroatoms. The fraction of sp³-hybridized carbons (Fsp3) is 0. The zero-order valence-corrected chi connectivity index (χ0v) is 37.7. The van der Waals surface area contributed by atoms with Crippen molar-refractivity contribution in [2.75, 3.05) is 9.80 Å². The lowest BCUT2D eigenvalue weighted by molar-refractivity contribution is 0.669. The normalized spacial score (nSPS) is 11.5. The van der Waals surface area contributed by atoms with E-state index in [2.05, 4.69) is 271 Å². The van der Waals surface area contributed by atoms with E-state index in [-0.39, 0.29) is 0 Å². The molecule has 13 aromatic rings. The molecule has 324 valence electrons. The summed E-state index contributed by atoms with van der Waals surface area (Å²) in [5.41, 5.74) is 15.0. The highest BCUT2D eigenvalue weighted by molar-refractivity contribution is 6.14. The van der Waals surface area contributed by atoms with Crippen LogP contribution in [-0.2, 0) is 0 Å². The predicted octanol–water partition coefficient (Wildman–Crippen LogP) is 19.0. The molecule has 13 rings (SSSR count). The van der Waals surface area contributed by atoms with Gasteiger partial charge in [0, 0.05) is 44.6 Å². The summed E-state index contributed by atoms with van der Waals surface area (Å²) in [5, 5.41) is 9.36. The standard InChI is InChI=1S/C66H44N2O/c1-3-16-45(17-4-1)47-30-34-52(35-31-47)67(53-36-32-48(33-37-53)46-18-5-2-6-19-46)55-40-51(62-42-50-21-8-9-23-57(50)59-25-11-12-26-60(59)62)41-56(43-55)68(64-28-15-22-49-20-7-10-24-58(49)64)54-38-39-66-63(44-54)61-27-13-14-29-65(61)69-66/h1-44H. The number of para-hydroxylation sites is 1. The van der Waals surface area contributed by atoms with E-state index < -0.39 is 0 Å². The zero-order valence-electron chi connectivity index (χ0n) is 37.7. The van der Waals surface area contributed by atoms with Crippen molar-refractivity contribution in [2.45, 2.75) is 0 Å². The van der Waals surface area contributed by atoms with Gasteiger partial charge in [-0.3, -0.25) is 0 Å². The number of hydrogen-bond acceptors (Lipinski definition) is 3. The number of anilines is 6. The molecule has 0 radical (unpaired) electrons. The van der Waals surface area contributed by atoms with E-state index in [4.69, 9.17) is 4.42 Å². The summed E-state index contributed by atoms with van der Waals surface area (Å²) in [6, 6.07) is 96.6. The summed E-state index contributed by atoms with van der Waals surface area (Å²) in [7, 11) is 0. The second-order valence-electron chi connectivity index (χ2n) is 17.7. The molecule has 0 N–H and O–H groups in total. The molecular formula is C66H44N2O. The molecule has 0 spiro atoms. The van der Waals surface area contributed by atoms with Crippen LogP contribution in [0.1, 0.15) is 0 Å². The Morgan fingerprint density at radius 1 is 0.232 bits per heavy atom. The Hall–Kier alpha value is -9.18. The van der Waals surface area contributed by atoms with E-state index in [0.29, 0.717) is 0 Å². The van der Waals surface area contributed by atoms with Gasteiger partial charge in [-0.15, -0.1) is 0 Å². The Morgan fingerprint density at radius 2 is 0.725 bits per heavy atom. The first-order valence-corrected chi connectivity index (χ1v) is 23.6. The van der Waals surface area contributed by atoms with Crippen molar-refractivity contribution in [1.29, 1.82) is 0 Å². The molecule has 3 nitrogen and oxygen atoms in total. The SMILES string of the molecule is c1ccc(-c2ccc(N(c3ccc(-c4ccccc4)cc3)c3cc(-c4cc5ccccc5c5ccccc45)cc(N(c4ccc5oc6ccccc6c5c4)c4cccc5ccccc45)c3)cc2)cc1. The van der Waals surface area contributed by atoms with Gasteiger partial charge in [-0.2, -0.15) is 0 Å². The van der Waals surface area contributed by atoms with E-state index in [1.807, 2.05) is 6.07 Å². The van der Waals surface area contributed by atoms with E-state index in [9.17, 15) is 0 Å². The van der Waals surface area contributed by atoms with Crippen molar-refractivity contribution >= 4 is 88.4 Å². The molecule has 0 aliphatic carbocycles. The first-order valence-electron chi connectivity index (χ1n) is 23.6. The van der Waals surface area contributed by atoms with Crippen LogP contribution in [-0.4, -0.2) is 0 Å². The molecule has 0 amide bonds. The maximum absolute atomic E-state index is 6.42. The van der Waals surface area contributed by atoms with Crippen molar-refractivity contribution in [2.24, 2.45) is 0 Å². The van der Waals surface area contributed by atoms with Crippen molar-refractivity contribution < 1.29 is 4.42 Å². The molecule has 1 aromatic heterocycles. The Kier molecular flexibility index (Phi) is 9.84. The number of nitrogens with zero attached hydrogens (tertiary/aromatic N) is 2. The molecule has 0 saturated carbocycles. The third-order valence-electron chi connectivity index (χ3n) is 13.6. The van der Waals surface area contributed by atoms with Gasteiger partial charge in [0.15, 0.2) is 0 Å². The number of hydrogen-bond donors (Lipinski definition) is 0. The van der Waals surface area contributed by atoms with Crippen LogP contribution in [0.4, 0.5) is 34.1 Å². The van der Waals surface area contributed by atoms with E-state index in [1.54, 1.807) is 0 Å². The minimum absolute atomic E-state index is 0.860. The van der Waals surface area contributed by atoms with Gasteiger partial charge >= 0.3 is 0 Å². The van der Waals surface area contributed by atoms with Gasteiger partial charge in [0.25, 0.3) is 0 Å². The summed E-state index contributed by atoms with van der Waals surface area (Å²) in [6.45, 7) is 0. The molecule has 12 aromatic carbocycles. The molecule has 0 atom stereocenters. The van der Waals surface area contributed by atoms with Crippen LogP contribution in [0.15, 0.2) is 271 Å². The summed E-state index contributed by atoms with van der Waals surface area (Å²) in [5.74, 6) is 0. The van der Waals surface area contributed by atoms with E-state index in [0.717, 1.165) is 67.0 Å². The molecule has 0 fully saturated rings. The van der Waals surface area contributed by atoms with Crippen molar-refractivity contribution in [1.82, 2.24) is 0 Å². The number of furan rings is 1. The topological polar surface area (TPSA) is 19.6 Å². The van der Waals surface area contributed by atoms with Crippen LogP contribution in [0.5, 0.6) is 0 Å². The molecule has 0 saturated heterocycles. The highest BCUT2D eigenvalue weighted by atomic mass is 16.3. The molecular weight excluding hydrogens is 837 g/mol. The fourth-order valence-corrected chi connectivity index (χ4v) is 10.3. The molecule has 0 aliphatic heterocycles. The van der Waals surface area contributed by atoms with Gasteiger partial charge in [-0.1, -0.05) is 188 Å². The third kappa shape index (κ3) is 7.25. The van der Waals surface area contributed by atoms with Gasteiger partial charge < -0.3 is 14.2 Å². The van der Waals surface area contributed by atoms with Crippen LogP contribution < -0.4 is 9.80 Å². The monoisotopic (exact) mass is 880 g/mol. The van der Waals surface area contributed by atoms with E-state index in [1.165, 1.54) is 54.7 Å². The first kappa shape index (κ1) is 40.1. The fourth-order valence-electron chi connectivity index (χ4n) is 10.3. The second kappa shape index (κ2) is 16.9. The third-order valence-corrected chi connectivity index (χ3v) is 13.6. The van der Waals surface area contributed by atoms with Crippen LogP contribution in [0.3, 0.4) is 0 Å². The average molecular weight is 881 g/mol. The Balaban J connectivity index is 1.10. The van der Waals surface area contributed by atoms with Gasteiger partial charge in [-0.25, -0.2) is 0 Å². The van der Waals surface area contributed by atoms with Gasteiger partial charge in [0.2, 0.25) is 0 Å². The molecule has 0 bridgehead atoms. The van der Waals surface area contributed by atoms with Crippen LogP contribution in [0, 0.1) is 0 Å². The number of fused-ring (bicyclic) bond motifs is 7. The van der Waals surface area contributed by atoms with Crippen LogP contribution in [0.2, 0.25) is 0 Å². The summed E-state index contributed by atoms with van der Waals surface area (Å²) < 4.78 is 6.42. The predicted molar refractivity (Wildman–Crippen MR) is 292 cm³/mol. The lowest BCUT2D eigenvalue weighted by atomic mass is 9.92. The number of benzene rings is 12. The molecule has 0 aliphatic rings. The maximum atomic E-state index is 6.42. The van der Waals surface area contributed by atoms with Gasteiger partial charge in [-0.05, 0) is 139 Å².